The van der Waals surface area contributed by atoms with Crippen LogP contribution in [0.25, 0.3) is 22.1 Å². The van der Waals surface area contributed by atoms with E-state index in [9.17, 15) is 4.79 Å². The first kappa shape index (κ1) is 21.9. The summed E-state index contributed by atoms with van der Waals surface area (Å²) in [6.07, 6.45) is 0. The highest BCUT2D eigenvalue weighted by molar-refractivity contribution is 5.95. The maximum atomic E-state index is 12.5. The minimum atomic E-state index is -0.399. The molecule has 34 heavy (non-hydrogen) atoms. The predicted molar refractivity (Wildman–Crippen MR) is 129 cm³/mol. The molecule has 1 aliphatic heterocycles. The lowest BCUT2D eigenvalue weighted by Crippen LogP contribution is -2.31. The topological polar surface area (TPSA) is 70.4 Å². The molecule has 174 valence electrons. The van der Waals surface area contributed by atoms with Crippen molar-refractivity contribution in [2.45, 2.75) is 13.1 Å². The Morgan fingerprint density at radius 1 is 0.882 bits per heavy atom. The van der Waals surface area contributed by atoms with E-state index in [-0.39, 0.29) is 0 Å². The smallest absolute Gasteiger partial charge is 0.336 e. The fraction of sp³-hybridized carbons (Fsp3) is 0.222. The molecule has 0 radical (unpaired) electrons. The van der Waals surface area contributed by atoms with Gasteiger partial charge in [0.05, 0.1) is 26.9 Å². The molecule has 0 atom stereocenters. The van der Waals surface area contributed by atoms with Gasteiger partial charge in [-0.05, 0) is 53.1 Å². The summed E-state index contributed by atoms with van der Waals surface area (Å²) in [5.41, 5.74) is 3.80. The standard InChI is InChI=1S/C27H25NO6/c1-30-19-7-5-18(6-8-19)21-13-26(29)34-27-20(21)9-11-23-22(27)15-28(16-33-23)14-17-4-10-24(31-2)25(12-17)32-3/h4-13H,14-16H2,1-3H3. The number of fused-ring (bicyclic) bond motifs is 3. The molecule has 3 aromatic carbocycles. The van der Waals surface area contributed by atoms with Crippen LogP contribution in [0.1, 0.15) is 11.1 Å². The van der Waals surface area contributed by atoms with Crippen LogP contribution in [0, 0.1) is 0 Å². The van der Waals surface area contributed by atoms with Crippen molar-refractivity contribution < 1.29 is 23.4 Å². The van der Waals surface area contributed by atoms with E-state index in [2.05, 4.69) is 4.90 Å². The van der Waals surface area contributed by atoms with Crippen LogP contribution in [-0.2, 0) is 13.1 Å². The maximum Gasteiger partial charge on any atom is 0.336 e. The summed E-state index contributed by atoms with van der Waals surface area (Å²) >= 11 is 0. The zero-order valence-electron chi connectivity index (χ0n) is 19.3. The second kappa shape index (κ2) is 9.11. The van der Waals surface area contributed by atoms with Gasteiger partial charge in [0, 0.05) is 24.5 Å². The Morgan fingerprint density at radius 3 is 2.41 bits per heavy atom. The Bertz CT molecular complexity index is 1390. The van der Waals surface area contributed by atoms with E-state index in [1.807, 2.05) is 54.6 Å². The molecule has 0 amide bonds. The van der Waals surface area contributed by atoms with Gasteiger partial charge in [-0.1, -0.05) is 18.2 Å². The number of methoxy groups -OCH3 is 3. The lowest BCUT2D eigenvalue weighted by atomic mass is 9.99. The van der Waals surface area contributed by atoms with Crippen LogP contribution in [0.5, 0.6) is 23.0 Å². The Labute approximate surface area is 197 Å². The molecular weight excluding hydrogens is 434 g/mol. The summed E-state index contributed by atoms with van der Waals surface area (Å²) in [6.45, 7) is 1.64. The van der Waals surface area contributed by atoms with Crippen molar-refractivity contribution in [1.82, 2.24) is 4.90 Å². The third-order valence-electron chi connectivity index (χ3n) is 6.01. The van der Waals surface area contributed by atoms with Crippen LogP contribution in [0.2, 0.25) is 0 Å². The fourth-order valence-corrected chi connectivity index (χ4v) is 4.33. The molecule has 4 aromatic rings. The highest BCUT2D eigenvalue weighted by Gasteiger charge is 2.23. The number of nitrogens with zero attached hydrogens (tertiary/aromatic N) is 1. The van der Waals surface area contributed by atoms with Crippen LogP contribution < -0.4 is 24.6 Å². The fourth-order valence-electron chi connectivity index (χ4n) is 4.33. The summed E-state index contributed by atoms with van der Waals surface area (Å²) in [5.74, 6) is 2.85. The van der Waals surface area contributed by atoms with Crippen molar-refractivity contribution >= 4 is 11.0 Å². The quantitative estimate of drug-likeness (QED) is 0.382. The Kier molecular flexibility index (Phi) is 5.86. The Hall–Kier alpha value is -3.97. The molecule has 0 aliphatic carbocycles. The van der Waals surface area contributed by atoms with Gasteiger partial charge >= 0.3 is 5.63 Å². The molecule has 0 spiro atoms. The minimum Gasteiger partial charge on any atom is -0.497 e. The SMILES string of the molecule is COc1ccc(-c2cc(=O)oc3c4c(ccc23)OCN(Cc2ccc(OC)c(OC)c2)C4)cc1. The molecular formula is C27H25NO6. The van der Waals surface area contributed by atoms with E-state index < -0.39 is 5.63 Å². The third-order valence-corrected chi connectivity index (χ3v) is 6.01. The van der Waals surface area contributed by atoms with E-state index in [1.54, 1.807) is 21.3 Å². The van der Waals surface area contributed by atoms with Gasteiger partial charge in [0.2, 0.25) is 0 Å². The van der Waals surface area contributed by atoms with E-state index in [0.717, 1.165) is 39.1 Å². The normalized spacial score (nSPS) is 13.3. The van der Waals surface area contributed by atoms with Crippen molar-refractivity contribution in [3.63, 3.8) is 0 Å². The summed E-state index contributed by atoms with van der Waals surface area (Å²) in [6, 6.07) is 18.9. The van der Waals surface area contributed by atoms with E-state index in [4.69, 9.17) is 23.4 Å². The second-order valence-electron chi connectivity index (χ2n) is 8.08. The van der Waals surface area contributed by atoms with Gasteiger partial charge in [0.15, 0.2) is 11.5 Å². The van der Waals surface area contributed by atoms with Crippen molar-refractivity contribution in [2.75, 3.05) is 28.1 Å². The number of hydrogen-bond acceptors (Lipinski definition) is 7. The van der Waals surface area contributed by atoms with Crippen LogP contribution >= 0.6 is 0 Å². The van der Waals surface area contributed by atoms with Gasteiger partial charge < -0.3 is 23.4 Å². The van der Waals surface area contributed by atoms with E-state index >= 15 is 0 Å². The first-order chi connectivity index (χ1) is 16.6. The van der Waals surface area contributed by atoms with Gasteiger partial charge in [-0.3, -0.25) is 4.90 Å². The molecule has 0 N–H and O–H groups in total. The number of benzene rings is 3. The monoisotopic (exact) mass is 459 g/mol. The highest BCUT2D eigenvalue weighted by atomic mass is 16.5. The Balaban J connectivity index is 1.50. The second-order valence-corrected chi connectivity index (χ2v) is 8.08. The van der Waals surface area contributed by atoms with Crippen molar-refractivity contribution in [2.24, 2.45) is 0 Å². The van der Waals surface area contributed by atoms with Crippen molar-refractivity contribution in [3.8, 4) is 34.1 Å². The van der Waals surface area contributed by atoms with Gasteiger partial charge in [-0.25, -0.2) is 4.79 Å². The molecule has 5 rings (SSSR count). The largest absolute Gasteiger partial charge is 0.497 e. The summed E-state index contributed by atoms with van der Waals surface area (Å²) in [7, 11) is 4.87. The molecule has 0 unspecified atom stereocenters. The third kappa shape index (κ3) is 4.06. The first-order valence-corrected chi connectivity index (χ1v) is 10.9. The summed E-state index contributed by atoms with van der Waals surface area (Å²) in [4.78, 5) is 14.7. The lowest BCUT2D eigenvalue weighted by molar-refractivity contribution is 0.0889. The van der Waals surface area contributed by atoms with Crippen LogP contribution in [0.4, 0.5) is 0 Å². The average molecular weight is 459 g/mol. The zero-order valence-corrected chi connectivity index (χ0v) is 19.3. The van der Waals surface area contributed by atoms with Gasteiger partial charge in [0.1, 0.15) is 23.8 Å². The molecule has 7 heteroatoms. The molecule has 1 aromatic heterocycles. The molecule has 1 aliphatic rings. The molecule has 0 saturated heterocycles. The predicted octanol–water partition coefficient (Wildman–Crippen LogP) is 4.84. The van der Waals surface area contributed by atoms with E-state index in [1.165, 1.54) is 6.07 Å². The van der Waals surface area contributed by atoms with Gasteiger partial charge in [-0.2, -0.15) is 0 Å². The lowest BCUT2D eigenvalue weighted by Gasteiger charge is -2.29. The average Bonchev–Trinajstić information content (AvgIpc) is 2.88. The van der Waals surface area contributed by atoms with Gasteiger partial charge in [-0.15, -0.1) is 0 Å². The molecule has 2 heterocycles. The van der Waals surface area contributed by atoms with Crippen LogP contribution in [0.15, 0.2) is 69.9 Å². The van der Waals surface area contributed by atoms with Crippen molar-refractivity contribution in [3.05, 3.63) is 82.2 Å². The molecule has 0 saturated carbocycles. The van der Waals surface area contributed by atoms with E-state index in [0.29, 0.717) is 36.9 Å². The number of ether oxygens (including phenoxy) is 4. The summed E-state index contributed by atoms with van der Waals surface area (Å²) < 4.78 is 27.8. The number of rotatable bonds is 6. The number of hydrogen-bond donors (Lipinski definition) is 0. The highest BCUT2D eigenvalue weighted by Crippen LogP contribution is 2.37. The molecule has 7 nitrogen and oxygen atoms in total. The van der Waals surface area contributed by atoms with Crippen molar-refractivity contribution in [1.29, 1.82) is 0 Å². The molecule has 0 bridgehead atoms. The summed E-state index contributed by atoms with van der Waals surface area (Å²) in [5, 5.41) is 0.861. The van der Waals surface area contributed by atoms with Crippen LogP contribution in [0.3, 0.4) is 0 Å². The van der Waals surface area contributed by atoms with Crippen LogP contribution in [-0.4, -0.2) is 33.0 Å². The maximum absolute atomic E-state index is 12.5. The first-order valence-electron chi connectivity index (χ1n) is 10.9. The zero-order chi connectivity index (χ0) is 23.7. The minimum absolute atomic E-state index is 0.399. The molecule has 0 fully saturated rings. The van der Waals surface area contributed by atoms with Gasteiger partial charge in [0.25, 0.3) is 0 Å². The Morgan fingerprint density at radius 2 is 1.68 bits per heavy atom.